The van der Waals surface area contributed by atoms with Gasteiger partial charge in [0, 0.05) is 30.5 Å². The highest BCUT2D eigenvalue weighted by Crippen LogP contribution is 2.32. The lowest BCUT2D eigenvalue weighted by Crippen LogP contribution is -2.34. The Kier molecular flexibility index (Phi) is 7.88. The zero-order valence-corrected chi connectivity index (χ0v) is 19.1. The van der Waals surface area contributed by atoms with Gasteiger partial charge in [0.15, 0.2) is 0 Å². The summed E-state index contributed by atoms with van der Waals surface area (Å²) in [6.45, 7) is 7.56. The Bertz CT molecular complexity index is 983. The summed E-state index contributed by atoms with van der Waals surface area (Å²) in [5.41, 5.74) is 4.11. The van der Waals surface area contributed by atoms with Crippen molar-refractivity contribution in [3.8, 4) is 0 Å². The van der Waals surface area contributed by atoms with E-state index in [0.29, 0.717) is 48.0 Å². The van der Waals surface area contributed by atoms with Crippen molar-refractivity contribution in [2.75, 3.05) is 25.1 Å². The fraction of sp³-hybridized carbons (Fsp3) is 0.360. The van der Waals surface area contributed by atoms with Crippen LogP contribution in [0.2, 0.25) is 5.02 Å². The topological polar surface area (TPSA) is 58.6 Å². The number of hydrogen-bond donors (Lipinski definition) is 1. The minimum atomic E-state index is -0.325. The Hall–Kier alpha value is -2.63. The van der Waals surface area contributed by atoms with Crippen LogP contribution in [0.1, 0.15) is 42.9 Å². The fourth-order valence-electron chi connectivity index (χ4n) is 3.42. The van der Waals surface area contributed by atoms with Crippen LogP contribution in [0, 0.1) is 13.8 Å². The molecule has 0 radical (unpaired) electrons. The molecule has 2 amide bonds. The summed E-state index contributed by atoms with van der Waals surface area (Å²) in [5.74, 6) is -0.613. The van der Waals surface area contributed by atoms with Gasteiger partial charge in [-0.1, -0.05) is 60.8 Å². The smallest absolute Gasteiger partial charge is 0.278 e. The molecule has 2 aromatic carbocycles. The van der Waals surface area contributed by atoms with Gasteiger partial charge in [-0.05, 0) is 49.9 Å². The first kappa shape index (κ1) is 23.0. The largest absolute Gasteiger partial charge is 0.381 e. The SMILES string of the molecule is CCCCOCCCN1C(=O)C(Nc2cc(Cl)ccc2C)=C(c2ccc(C)cc2)C1=O. The maximum atomic E-state index is 13.3. The standard InChI is InChI=1S/C25H29ClN2O3/c1-4-5-14-31-15-6-13-28-24(29)22(19-10-7-17(2)8-11-19)23(25(28)30)27-21-16-20(26)12-9-18(21)3/h7-12,16,27H,4-6,13-15H2,1-3H3. The number of hydrogen-bond acceptors (Lipinski definition) is 4. The Balaban J connectivity index is 1.86. The predicted molar refractivity (Wildman–Crippen MR) is 125 cm³/mol. The summed E-state index contributed by atoms with van der Waals surface area (Å²) in [5, 5.41) is 3.75. The molecule has 0 unspecified atom stereocenters. The van der Waals surface area contributed by atoms with E-state index in [4.69, 9.17) is 16.3 Å². The number of ether oxygens (including phenoxy) is 1. The van der Waals surface area contributed by atoms with Crippen LogP contribution in [0.4, 0.5) is 5.69 Å². The van der Waals surface area contributed by atoms with E-state index < -0.39 is 0 Å². The number of benzene rings is 2. The van der Waals surface area contributed by atoms with Crippen molar-refractivity contribution in [3.63, 3.8) is 0 Å². The van der Waals surface area contributed by atoms with Crippen LogP contribution in [0.3, 0.4) is 0 Å². The summed E-state index contributed by atoms with van der Waals surface area (Å²) < 4.78 is 5.59. The van der Waals surface area contributed by atoms with Crippen molar-refractivity contribution in [2.24, 2.45) is 0 Å². The molecule has 0 atom stereocenters. The monoisotopic (exact) mass is 440 g/mol. The van der Waals surface area contributed by atoms with E-state index in [9.17, 15) is 9.59 Å². The zero-order chi connectivity index (χ0) is 22.4. The third-order valence-corrected chi connectivity index (χ3v) is 5.52. The van der Waals surface area contributed by atoms with E-state index in [0.717, 1.165) is 24.0 Å². The second-order valence-electron chi connectivity index (χ2n) is 7.78. The number of nitrogens with zero attached hydrogens (tertiary/aromatic N) is 1. The maximum Gasteiger partial charge on any atom is 0.278 e. The summed E-state index contributed by atoms with van der Waals surface area (Å²) in [6, 6.07) is 13.1. The molecular weight excluding hydrogens is 412 g/mol. The molecule has 1 N–H and O–H groups in total. The number of rotatable bonds is 10. The highest BCUT2D eigenvalue weighted by atomic mass is 35.5. The molecule has 2 aromatic rings. The first-order valence-corrected chi connectivity index (χ1v) is 11.1. The molecule has 0 saturated carbocycles. The average Bonchev–Trinajstić information content (AvgIpc) is 2.98. The first-order chi connectivity index (χ1) is 14.9. The second kappa shape index (κ2) is 10.6. The Morgan fingerprint density at radius 2 is 1.68 bits per heavy atom. The molecule has 0 saturated heterocycles. The number of aryl methyl sites for hydroxylation is 2. The van der Waals surface area contributed by atoms with E-state index in [1.807, 2.05) is 44.2 Å². The number of anilines is 1. The van der Waals surface area contributed by atoms with Gasteiger partial charge in [-0.25, -0.2) is 0 Å². The lowest BCUT2D eigenvalue weighted by Gasteiger charge is -2.16. The van der Waals surface area contributed by atoms with Gasteiger partial charge >= 0.3 is 0 Å². The summed E-state index contributed by atoms with van der Waals surface area (Å²) in [6.07, 6.45) is 2.68. The third kappa shape index (κ3) is 5.54. The van der Waals surface area contributed by atoms with Crippen molar-refractivity contribution >= 4 is 34.7 Å². The minimum absolute atomic E-state index is 0.283. The summed E-state index contributed by atoms with van der Waals surface area (Å²) in [4.78, 5) is 27.8. The number of halogens is 1. The number of carbonyl (C=O) groups is 2. The Morgan fingerprint density at radius 3 is 2.39 bits per heavy atom. The van der Waals surface area contributed by atoms with Crippen LogP contribution in [0.25, 0.3) is 5.57 Å². The molecule has 0 fully saturated rings. The van der Waals surface area contributed by atoms with E-state index >= 15 is 0 Å². The lowest BCUT2D eigenvalue weighted by molar-refractivity contribution is -0.137. The molecule has 164 valence electrons. The van der Waals surface area contributed by atoms with E-state index in [2.05, 4.69) is 12.2 Å². The Labute approximate surface area is 189 Å². The van der Waals surface area contributed by atoms with Gasteiger partial charge in [0.25, 0.3) is 11.8 Å². The van der Waals surface area contributed by atoms with E-state index in [1.54, 1.807) is 12.1 Å². The molecule has 0 aliphatic carbocycles. The fourth-order valence-corrected chi connectivity index (χ4v) is 3.59. The molecule has 1 heterocycles. The number of amides is 2. The van der Waals surface area contributed by atoms with Gasteiger partial charge < -0.3 is 10.1 Å². The molecule has 31 heavy (non-hydrogen) atoms. The van der Waals surface area contributed by atoms with Gasteiger partial charge in [0.1, 0.15) is 5.70 Å². The van der Waals surface area contributed by atoms with Crippen molar-refractivity contribution in [3.05, 3.63) is 69.9 Å². The third-order valence-electron chi connectivity index (χ3n) is 5.28. The normalized spacial score (nSPS) is 14.0. The van der Waals surface area contributed by atoms with Gasteiger partial charge in [-0.15, -0.1) is 0 Å². The van der Waals surface area contributed by atoms with Crippen LogP contribution in [-0.2, 0) is 14.3 Å². The molecular formula is C25H29ClN2O3. The molecule has 0 bridgehead atoms. The van der Waals surface area contributed by atoms with Crippen molar-refractivity contribution in [2.45, 2.75) is 40.0 Å². The number of nitrogens with one attached hydrogen (secondary N) is 1. The van der Waals surface area contributed by atoms with E-state index in [-0.39, 0.29) is 17.5 Å². The average molecular weight is 441 g/mol. The first-order valence-electron chi connectivity index (χ1n) is 10.7. The zero-order valence-electron chi connectivity index (χ0n) is 18.3. The van der Waals surface area contributed by atoms with Gasteiger partial charge in [0.05, 0.1) is 5.57 Å². The molecule has 0 spiro atoms. The summed E-state index contributed by atoms with van der Waals surface area (Å²) >= 11 is 6.16. The van der Waals surface area contributed by atoms with Crippen LogP contribution < -0.4 is 5.32 Å². The number of imide groups is 1. The highest BCUT2D eigenvalue weighted by Gasteiger charge is 2.39. The quantitative estimate of drug-likeness (QED) is 0.399. The van der Waals surface area contributed by atoms with Crippen molar-refractivity contribution in [1.82, 2.24) is 4.90 Å². The molecule has 1 aliphatic heterocycles. The highest BCUT2D eigenvalue weighted by molar-refractivity contribution is 6.36. The van der Waals surface area contributed by atoms with Crippen LogP contribution in [0.15, 0.2) is 48.2 Å². The maximum absolute atomic E-state index is 13.3. The van der Waals surface area contributed by atoms with Crippen LogP contribution >= 0.6 is 11.6 Å². The number of carbonyl (C=O) groups excluding carboxylic acids is 2. The second-order valence-corrected chi connectivity index (χ2v) is 8.22. The van der Waals surface area contributed by atoms with E-state index in [1.165, 1.54) is 4.90 Å². The van der Waals surface area contributed by atoms with Gasteiger partial charge in [-0.3, -0.25) is 14.5 Å². The van der Waals surface area contributed by atoms with Crippen molar-refractivity contribution < 1.29 is 14.3 Å². The Morgan fingerprint density at radius 1 is 0.968 bits per heavy atom. The van der Waals surface area contributed by atoms with Gasteiger partial charge in [-0.2, -0.15) is 0 Å². The molecule has 5 nitrogen and oxygen atoms in total. The van der Waals surface area contributed by atoms with Crippen LogP contribution in [-0.4, -0.2) is 36.5 Å². The van der Waals surface area contributed by atoms with Crippen molar-refractivity contribution in [1.29, 1.82) is 0 Å². The molecule has 0 aromatic heterocycles. The lowest BCUT2D eigenvalue weighted by atomic mass is 10.0. The van der Waals surface area contributed by atoms with Crippen LogP contribution in [0.5, 0.6) is 0 Å². The predicted octanol–water partition coefficient (Wildman–Crippen LogP) is 5.36. The molecule has 3 rings (SSSR count). The summed E-state index contributed by atoms with van der Waals surface area (Å²) in [7, 11) is 0. The molecule has 1 aliphatic rings. The molecule has 6 heteroatoms. The number of unbranched alkanes of at least 4 members (excludes halogenated alkanes) is 1. The van der Waals surface area contributed by atoms with Gasteiger partial charge in [0.2, 0.25) is 0 Å². The minimum Gasteiger partial charge on any atom is -0.381 e.